The highest BCUT2D eigenvalue weighted by Crippen LogP contribution is 2.20. The molecule has 7 nitrogen and oxygen atoms in total. The second-order valence-corrected chi connectivity index (χ2v) is 6.54. The molecule has 0 aliphatic rings. The number of aromatic nitrogens is 3. The summed E-state index contributed by atoms with van der Waals surface area (Å²) in [5.41, 5.74) is 1.54. The molecular weight excluding hydrogens is 392 g/mol. The molecule has 1 aromatic carbocycles. The van der Waals surface area contributed by atoms with Crippen molar-refractivity contribution in [2.75, 3.05) is 18.5 Å². The van der Waals surface area contributed by atoms with Crippen molar-refractivity contribution in [3.05, 3.63) is 70.8 Å². The van der Waals surface area contributed by atoms with Crippen LogP contribution in [0.5, 0.6) is 11.6 Å². The van der Waals surface area contributed by atoms with E-state index < -0.39 is 5.97 Å². The molecule has 0 saturated carbocycles. The van der Waals surface area contributed by atoms with Gasteiger partial charge in [0.15, 0.2) is 0 Å². The third-order valence-corrected chi connectivity index (χ3v) is 4.11. The van der Waals surface area contributed by atoms with Crippen LogP contribution in [0, 0.1) is 6.92 Å². The molecule has 0 aliphatic carbocycles. The van der Waals surface area contributed by atoms with Crippen molar-refractivity contribution in [3.8, 4) is 11.6 Å². The number of carbonyl (C=O) groups excluding carboxylic acids is 1. The molecule has 8 heteroatoms. The van der Waals surface area contributed by atoms with Crippen LogP contribution in [-0.4, -0.2) is 34.1 Å². The Bertz CT molecular complexity index is 942. The molecular formula is C21H21ClN4O3. The van der Waals surface area contributed by atoms with Gasteiger partial charge >= 0.3 is 5.97 Å². The molecule has 0 saturated heterocycles. The number of halogens is 1. The Labute approximate surface area is 174 Å². The average molecular weight is 413 g/mol. The predicted molar refractivity (Wildman–Crippen MR) is 111 cm³/mol. The van der Waals surface area contributed by atoms with Crippen molar-refractivity contribution in [1.82, 2.24) is 15.0 Å². The summed E-state index contributed by atoms with van der Waals surface area (Å²) in [6.45, 7) is 4.60. The zero-order valence-corrected chi connectivity index (χ0v) is 16.9. The number of benzene rings is 1. The standard InChI is InChI=1S/C21H21ClN4O3/c1-3-28-21(27)16-6-9-20(24-13-16)29-17-7-4-15(5-8-17)10-11-23-19-12-18(22)25-14(2)26-19/h4-9,12-13H,3,10-11H2,1-2H3,(H,23,25,26). The molecule has 0 unspecified atom stereocenters. The number of hydrogen-bond donors (Lipinski definition) is 1. The fourth-order valence-corrected chi connectivity index (χ4v) is 2.80. The molecule has 0 bridgehead atoms. The first kappa shape index (κ1) is 20.5. The summed E-state index contributed by atoms with van der Waals surface area (Å²) in [4.78, 5) is 24.1. The fraction of sp³-hybridized carbons (Fsp3) is 0.238. The SMILES string of the molecule is CCOC(=O)c1ccc(Oc2ccc(CCNc3cc(Cl)nc(C)n3)cc2)nc1. The van der Waals surface area contributed by atoms with E-state index in [2.05, 4.69) is 20.3 Å². The molecule has 2 heterocycles. The van der Waals surface area contributed by atoms with Crippen molar-refractivity contribution >= 4 is 23.4 Å². The van der Waals surface area contributed by atoms with E-state index in [-0.39, 0.29) is 0 Å². The van der Waals surface area contributed by atoms with Gasteiger partial charge in [0.05, 0.1) is 12.2 Å². The maximum Gasteiger partial charge on any atom is 0.339 e. The minimum absolute atomic E-state index is 0.325. The van der Waals surface area contributed by atoms with Crippen molar-refractivity contribution < 1.29 is 14.3 Å². The molecule has 0 fully saturated rings. The van der Waals surface area contributed by atoms with Gasteiger partial charge in [-0.25, -0.2) is 19.7 Å². The van der Waals surface area contributed by atoms with E-state index in [0.717, 1.165) is 12.0 Å². The number of nitrogens with zero attached hydrogens (tertiary/aromatic N) is 3. The first-order valence-corrected chi connectivity index (χ1v) is 9.56. The lowest BCUT2D eigenvalue weighted by molar-refractivity contribution is 0.0526. The Morgan fingerprint density at radius 1 is 1.14 bits per heavy atom. The van der Waals surface area contributed by atoms with E-state index in [1.807, 2.05) is 24.3 Å². The van der Waals surface area contributed by atoms with Crippen LogP contribution in [0.3, 0.4) is 0 Å². The number of ether oxygens (including phenoxy) is 2. The molecule has 0 atom stereocenters. The van der Waals surface area contributed by atoms with Crippen molar-refractivity contribution in [2.24, 2.45) is 0 Å². The van der Waals surface area contributed by atoms with Gasteiger partial charge in [0.2, 0.25) is 5.88 Å². The van der Waals surface area contributed by atoms with Crippen LogP contribution in [0.2, 0.25) is 5.15 Å². The Kier molecular flexibility index (Phi) is 6.97. The monoisotopic (exact) mass is 412 g/mol. The summed E-state index contributed by atoms with van der Waals surface area (Å²) in [5.74, 6) is 2.01. The number of pyridine rings is 1. The summed E-state index contributed by atoms with van der Waals surface area (Å²) in [6, 6.07) is 12.7. The highest BCUT2D eigenvalue weighted by atomic mass is 35.5. The van der Waals surface area contributed by atoms with Gasteiger partial charge in [-0.3, -0.25) is 0 Å². The van der Waals surface area contributed by atoms with Gasteiger partial charge in [-0.1, -0.05) is 23.7 Å². The summed E-state index contributed by atoms with van der Waals surface area (Å²) >= 11 is 5.94. The average Bonchev–Trinajstić information content (AvgIpc) is 2.69. The van der Waals surface area contributed by atoms with Crippen LogP contribution in [0.15, 0.2) is 48.7 Å². The number of nitrogens with one attached hydrogen (secondary N) is 1. The van der Waals surface area contributed by atoms with Crippen LogP contribution >= 0.6 is 11.6 Å². The zero-order chi connectivity index (χ0) is 20.6. The molecule has 3 aromatic rings. The van der Waals surface area contributed by atoms with Gasteiger partial charge in [0.1, 0.15) is 22.5 Å². The topological polar surface area (TPSA) is 86.2 Å². The normalized spacial score (nSPS) is 10.4. The number of carbonyl (C=O) groups is 1. The summed E-state index contributed by atoms with van der Waals surface area (Å²) < 4.78 is 10.7. The van der Waals surface area contributed by atoms with Gasteiger partial charge in [-0.15, -0.1) is 0 Å². The smallest absolute Gasteiger partial charge is 0.339 e. The van der Waals surface area contributed by atoms with Gasteiger partial charge in [-0.2, -0.15) is 0 Å². The van der Waals surface area contributed by atoms with Crippen LogP contribution < -0.4 is 10.1 Å². The third kappa shape index (κ3) is 6.15. The highest BCUT2D eigenvalue weighted by Gasteiger charge is 2.07. The van der Waals surface area contributed by atoms with E-state index >= 15 is 0 Å². The first-order chi connectivity index (χ1) is 14.0. The maximum absolute atomic E-state index is 11.6. The van der Waals surface area contributed by atoms with E-state index in [1.165, 1.54) is 6.20 Å². The largest absolute Gasteiger partial charge is 0.462 e. The van der Waals surface area contributed by atoms with Crippen LogP contribution in [0.4, 0.5) is 5.82 Å². The van der Waals surface area contributed by atoms with Gasteiger partial charge in [0, 0.05) is 24.9 Å². The fourth-order valence-electron chi connectivity index (χ4n) is 2.58. The molecule has 0 amide bonds. The van der Waals surface area contributed by atoms with Crippen LogP contribution in [0.25, 0.3) is 0 Å². The summed E-state index contributed by atoms with van der Waals surface area (Å²) in [5, 5.41) is 3.66. The van der Waals surface area contributed by atoms with Crippen LogP contribution in [0.1, 0.15) is 28.7 Å². The first-order valence-electron chi connectivity index (χ1n) is 9.18. The molecule has 0 spiro atoms. The lowest BCUT2D eigenvalue weighted by Crippen LogP contribution is -2.07. The van der Waals surface area contributed by atoms with Gasteiger partial charge in [-0.05, 0) is 44.0 Å². The van der Waals surface area contributed by atoms with Gasteiger partial charge in [0.25, 0.3) is 0 Å². The minimum Gasteiger partial charge on any atom is -0.462 e. The molecule has 0 aliphatic heterocycles. The number of anilines is 1. The van der Waals surface area contributed by atoms with E-state index in [4.69, 9.17) is 21.1 Å². The minimum atomic E-state index is -0.399. The second kappa shape index (κ2) is 9.84. The Morgan fingerprint density at radius 3 is 2.59 bits per heavy atom. The van der Waals surface area contributed by atoms with Crippen molar-refractivity contribution in [3.63, 3.8) is 0 Å². The molecule has 0 radical (unpaired) electrons. The van der Waals surface area contributed by atoms with E-state index in [1.54, 1.807) is 32.0 Å². The highest BCUT2D eigenvalue weighted by molar-refractivity contribution is 6.29. The van der Waals surface area contributed by atoms with Crippen molar-refractivity contribution in [2.45, 2.75) is 20.3 Å². The lowest BCUT2D eigenvalue weighted by Gasteiger charge is -2.08. The molecule has 1 N–H and O–H groups in total. The number of aryl methyl sites for hydroxylation is 1. The quantitative estimate of drug-likeness (QED) is 0.431. The van der Waals surface area contributed by atoms with Crippen LogP contribution in [-0.2, 0) is 11.2 Å². The lowest BCUT2D eigenvalue weighted by atomic mass is 10.1. The van der Waals surface area contributed by atoms with E-state index in [9.17, 15) is 4.79 Å². The van der Waals surface area contributed by atoms with Gasteiger partial charge < -0.3 is 14.8 Å². The molecule has 29 heavy (non-hydrogen) atoms. The molecule has 3 rings (SSSR count). The maximum atomic E-state index is 11.6. The second-order valence-electron chi connectivity index (χ2n) is 6.15. The third-order valence-electron chi connectivity index (χ3n) is 3.92. The zero-order valence-electron chi connectivity index (χ0n) is 16.2. The Balaban J connectivity index is 1.51. The predicted octanol–water partition coefficient (Wildman–Crippen LogP) is 4.46. The van der Waals surface area contributed by atoms with E-state index in [0.29, 0.717) is 47.1 Å². The Hall–Kier alpha value is -3.19. The number of esters is 1. The molecule has 2 aromatic heterocycles. The van der Waals surface area contributed by atoms with Crippen molar-refractivity contribution in [1.29, 1.82) is 0 Å². The number of hydrogen-bond acceptors (Lipinski definition) is 7. The molecule has 150 valence electrons. The number of rotatable bonds is 8. The Morgan fingerprint density at radius 2 is 1.93 bits per heavy atom. The summed E-state index contributed by atoms with van der Waals surface area (Å²) in [6.07, 6.45) is 2.25. The summed E-state index contributed by atoms with van der Waals surface area (Å²) in [7, 11) is 0.